The summed E-state index contributed by atoms with van der Waals surface area (Å²) in [7, 11) is 0. The van der Waals surface area contributed by atoms with Gasteiger partial charge in [0.05, 0.1) is 13.2 Å². The molecule has 1 atom stereocenters. The zero-order chi connectivity index (χ0) is 50.6. The van der Waals surface area contributed by atoms with Gasteiger partial charge in [-0.2, -0.15) is 0 Å². The van der Waals surface area contributed by atoms with Gasteiger partial charge in [-0.1, -0.05) is 216 Å². The summed E-state index contributed by atoms with van der Waals surface area (Å²) >= 11 is 0. The number of rotatable bonds is 47. The summed E-state index contributed by atoms with van der Waals surface area (Å²) in [6.07, 6.45) is 89.3. The molecule has 5 heteroatoms. The Kier molecular flexibility index (Phi) is 54.1. The summed E-state index contributed by atoms with van der Waals surface area (Å²) in [5.74, 6) is -0.530. The molecule has 1 unspecified atom stereocenters. The van der Waals surface area contributed by atoms with E-state index in [0.29, 0.717) is 19.4 Å². The first-order valence-electron chi connectivity index (χ1n) is 27.3. The molecule has 0 spiro atoms. The van der Waals surface area contributed by atoms with Crippen LogP contribution in [0.25, 0.3) is 0 Å². The van der Waals surface area contributed by atoms with Crippen LogP contribution in [-0.2, 0) is 23.8 Å². The van der Waals surface area contributed by atoms with Gasteiger partial charge in [-0.15, -0.1) is 0 Å². The molecule has 0 bridgehead atoms. The van der Waals surface area contributed by atoms with Crippen LogP contribution in [0.3, 0.4) is 0 Å². The van der Waals surface area contributed by atoms with Gasteiger partial charge in [-0.3, -0.25) is 9.59 Å². The molecule has 0 saturated heterocycles. The van der Waals surface area contributed by atoms with Crippen molar-refractivity contribution < 1.29 is 23.8 Å². The van der Waals surface area contributed by atoms with Crippen molar-refractivity contribution in [3.8, 4) is 0 Å². The molecular formula is C65H98O5. The fraction of sp³-hybridized carbons (Fsp3) is 0.508. The number of hydrogen-bond donors (Lipinski definition) is 0. The highest BCUT2D eigenvalue weighted by Gasteiger charge is 2.17. The SMILES string of the molecule is CC/C=C\C/C=C\C/C=C\C/C=C\C/C=C\CCCCCC(=O)OCC(COCC/C=C\C/C=C\C/C=C\C/C=C\C/C=C\CC)OC(=O)CCCCC/C=C\C/C=C\C/C=C\C/C=C\C/C=C\CC. The third kappa shape index (κ3) is 55.6. The number of ether oxygens (including phenoxy) is 3. The molecule has 5 nitrogen and oxygen atoms in total. The highest BCUT2D eigenvalue weighted by atomic mass is 16.6. The number of esters is 2. The molecule has 388 valence electrons. The Morgan fingerprint density at radius 1 is 0.314 bits per heavy atom. The van der Waals surface area contributed by atoms with E-state index in [9.17, 15) is 9.59 Å². The molecule has 0 radical (unpaired) electrons. The van der Waals surface area contributed by atoms with E-state index in [-0.39, 0.29) is 25.2 Å². The number of hydrogen-bond acceptors (Lipinski definition) is 5. The Morgan fingerprint density at radius 3 is 0.929 bits per heavy atom. The fourth-order valence-electron chi connectivity index (χ4n) is 6.51. The quantitative estimate of drug-likeness (QED) is 0.0345. The van der Waals surface area contributed by atoms with E-state index in [1.54, 1.807) is 0 Å². The largest absolute Gasteiger partial charge is 0.462 e. The van der Waals surface area contributed by atoms with Crippen LogP contribution in [0.1, 0.15) is 188 Å². The molecule has 0 heterocycles. The topological polar surface area (TPSA) is 61.8 Å². The molecule has 0 fully saturated rings. The second-order valence-corrected chi connectivity index (χ2v) is 17.0. The fourth-order valence-corrected chi connectivity index (χ4v) is 6.51. The molecule has 0 aliphatic heterocycles. The van der Waals surface area contributed by atoms with Gasteiger partial charge in [0.2, 0.25) is 0 Å². The molecule has 0 amide bonds. The second kappa shape index (κ2) is 58.3. The molecular weight excluding hydrogens is 861 g/mol. The van der Waals surface area contributed by atoms with Crippen LogP contribution >= 0.6 is 0 Å². The second-order valence-electron chi connectivity index (χ2n) is 17.0. The van der Waals surface area contributed by atoms with Gasteiger partial charge in [0, 0.05) is 12.8 Å². The lowest BCUT2D eigenvalue weighted by molar-refractivity contribution is -0.162. The van der Waals surface area contributed by atoms with Gasteiger partial charge in [-0.05, 0) is 141 Å². The number of carbonyl (C=O) groups excluding carboxylic acids is 2. The minimum atomic E-state index is -0.624. The van der Waals surface area contributed by atoms with E-state index < -0.39 is 6.10 Å². The van der Waals surface area contributed by atoms with E-state index in [0.717, 1.165) is 154 Å². The van der Waals surface area contributed by atoms with E-state index in [1.807, 2.05) is 0 Å². The lowest BCUT2D eigenvalue weighted by Gasteiger charge is -2.18. The highest BCUT2D eigenvalue weighted by Crippen LogP contribution is 2.10. The Hall–Kier alpha value is -5.00. The lowest BCUT2D eigenvalue weighted by Crippen LogP contribution is -2.30. The predicted octanol–water partition coefficient (Wildman–Crippen LogP) is 19.0. The van der Waals surface area contributed by atoms with E-state index >= 15 is 0 Å². The van der Waals surface area contributed by atoms with E-state index in [2.05, 4.69) is 203 Å². The molecule has 70 heavy (non-hydrogen) atoms. The van der Waals surface area contributed by atoms with Crippen LogP contribution in [0.2, 0.25) is 0 Å². The smallest absolute Gasteiger partial charge is 0.306 e. The van der Waals surface area contributed by atoms with Gasteiger partial charge in [0.25, 0.3) is 0 Å². The van der Waals surface area contributed by atoms with Crippen molar-refractivity contribution in [2.75, 3.05) is 19.8 Å². The van der Waals surface area contributed by atoms with Crippen molar-refractivity contribution in [2.45, 2.75) is 194 Å². The predicted molar refractivity (Wildman–Crippen MR) is 306 cm³/mol. The summed E-state index contributed by atoms with van der Waals surface area (Å²) in [5, 5.41) is 0. The minimum Gasteiger partial charge on any atom is -0.462 e. The van der Waals surface area contributed by atoms with Crippen LogP contribution in [0.4, 0.5) is 0 Å². The van der Waals surface area contributed by atoms with Crippen LogP contribution in [-0.4, -0.2) is 37.9 Å². The van der Waals surface area contributed by atoms with Crippen LogP contribution in [0.15, 0.2) is 182 Å². The monoisotopic (exact) mass is 959 g/mol. The third-order valence-corrected chi connectivity index (χ3v) is 10.4. The normalized spacial score (nSPS) is 13.7. The van der Waals surface area contributed by atoms with Crippen LogP contribution in [0.5, 0.6) is 0 Å². The van der Waals surface area contributed by atoms with Gasteiger partial charge in [0.15, 0.2) is 6.10 Å². The van der Waals surface area contributed by atoms with Crippen molar-refractivity contribution in [3.05, 3.63) is 182 Å². The van der Waals surface area contributed by atoms with Crippen molar-refractivity contribution >= 4 is 11.9 Å². The highest BCUT2D eigenvalue weighted by molar-refractivity contribution is 5.70. The maximum atomic E-state index is 12.8. The molecule has 0 N–H and O–H groups in total. The first-order chi connectivity index (χ1) is 34.6. The summed E-state index contributed by atoms with van der Waals surface area (Å²) in [6, 6.07) is 0. The van der Waals surface area contributed by atoms with Gasteiger partial charge in [-0.25, -0.2) is 0 Å². The lowest BCUT2D eigenvalue weighted by atomic mass is 10.1. The molecule has 0 aromatic rings. The molecule has 0 saturated carbocycles. The van der Waals surface area contributed by atoms with Gasteiger partial charge >= 0.3 is 11.9 Å². The molecule has 0 aromatic carbocycles. The average molecular weight is 959 g/mol. The van der Waals surface area contributed by atoms with Crippen molar-refractivity contribution in [1.29, 1.82) is 0 Å². The standard InChI is InChI=1S/C65H98O5/c1-4-7-10-13-16-19-22-25-28-31-33-35-37-40-43-46-49-52-55-58-64(66)69-62-63(61-68-60-57-54-51-48-45-42-39-30-27-24-21-18-15-12-9-6-3)70-65(67)59-56-53-50-47-44-41-38-36-34-32-29-26-23-20-17-14-11-8-5-2/h7-12,16-21,25-30,33-36,40-45,51,54,63H,4-6,13-15,22-24,31-32,37-39,46-50,52-53,55-62H2,1-3H3/b10-7-,11-8-,12-9-,19-16-,20-17-,21-18-,28-25-,29-26-,30-27-,35-33-,36-34-,43-40-,44-41-,45-42-,54-51-. The maximum absolute atomic E-state index is 12.8. The first-order valence-corrected chi connectivity index (χ1v) is 27.3. The average Bonchev–Trinajstić information content (AvgIpc) is 3.36. The molecule has 0 aliphatic carbocycles. The van der Waals surface area contributed by atoms with Crippen molar-refractivity contribution in [2.24, 2.45) is 0 Å². The van der Waals surface area contributed by atoms with E-state index in [1.165, 1.54) is 0 Å². The number of allylic oxidation sites excluding steroid dienone is 29. The van der Waals surface area contributed by atoms with Crippen LogP contribution < -0.4 is 0 Å². The zero-order valence-electron chi connectivity index (χ0n) is 44.4. The van der Waals surface area contributed by atoms with Crippen molar-refractivity contribution in [1.82, 2.24) is 0 Å². The first kappa shape index (κ1) is 65.0. The molecule has 0 aromatic heterocycles. The Balaban J connectivity index is 4.56. The van der Waals surface area contributed by atoms with Crippen molar-refractivity contribution in [3.63, 3.8) is 0 Å². The minimum absolute atomic E-state index is 0.0103. The summed E-state index contributed by atoms with van der Waals surface area (Å²) < 4.78 is 17.3. The molecule has 0 rings (SSSR count). The summed E-state index contributed by atoms with van der Waals surface area (Å²) in [6.45, 7) is 7.17. The van der Waals surface area contributed by atoms with Gasteiger partial charge < -0.3 is 14.2 Å². The number of carbonyl (C=O) groups is 2. The van der Waals surface area contributed by atoms with Crippen LogP contribution in [0, 0.1) is 0 Å². The Labute approximate surface area is 429 Å². The zero-order valence-corrected chi connectivity index (χ0v) is 44.4. The molecule has 0 aliphatic rings. The third-order valence-electron chi connectivity index (χ3n) is 10.4. The summed E-state index contributed by atoms with van der Waals surface area (Å²) in [5.41, 5.74) is 0. The van der Waals surface area contributed by atoms with E-state index in [4.69, 9.17) is 14.2 Å². The number of unbranched alkanes of at least 4 members (excludes halogenated alkanes) is 6. The Morgan fingerprint density at radius 2 is 0.600 bits per heavy atom. The van der Waals surface area contributed by atoms with Gasteiger partial charge in [0.1, 0.15) is 6.61 Å². The Bertz CT molecular complexity index is 1650. The maximum Gasteiger partial charge on any atom is 0.306 e. The summed E-state index contributed by atoms with van der Waals surface area (Å²) in [4.78, 5) is 25.5.